The average molecular weight is 234 g/mol. The summed E-state index contributed by atoms with van der Waals surface area (Å²) in [4.78, 5) is 11.0. The smallest absolute Gasteiger partial charge is 0.179 e. The van der Waals surface area contributed by atoms with Gasteiger partial charge in [-0.2, -0.15) is 0 Å². The van der Waals surface area contributed by atoms with Gasteiger partial charge in [-0.1, -0.05) is 24.2 Å². The zero-order valence-electron chi connectivity index (χ0n) is 9.07. The van der Waals surface area contributed by atoms with Crippen molar-refractivity contribution < 1.29 is 18.8 Å². The summed E-state index contributed by atoms with van der Waals surface area (Å²) in [7, 11) is 0. The molecule has 0 unspecified atom stereocenters. The molecule has 0 N–H and O–H groups in total. The first-order valence-corrected chi connectivity index (χ1v) is 5.10. The highest BCUT2D eigenvalue weighted by atomic mass is 19.1. The number of rotatable bonds is 3. The van der Waals surface area contributed by atoms with Gasteiger partial charge in [-0.25, -0.2) is 4.39 Å². The normalized spacial score (nSPS) is 10.5. The maximum Gasteiger partial charge on any atom is 0.179 e. The van der Waals surface area contributed by atoms with Gasteiger partial charge in [0.2, 0.25) is 0 Å². The van der Waals surface area contributed by atoms with E-state index in [9.17, 15) is 14.3 Å². The molecule has 88 valence electrons. The number of hydrogen-bond acceptors (Lipinski definition) is 4. The largest absolute Gasteiger partial charge is 0.545 e. The Hall–Kier alpha value is -2.17. The number of halogens is 1. The third kappa shape index (κ3) is 1.91. The van der Waals surface area contributed by atoms with Gasteiger partial charge in [0.1, 0.15) is 5.82 Å². The predicted molar refractivity (Wildman–Crippen MR) is 55.6 cm³/mol. The summed E-state index contributed by atoms with van der Waals surface area (Å²) in [5.74, 6) is -2.07. The van der Waals surface area contributed by atoms with E-state index in [-0.39, 0.29) is 22.6 Å². The summed E-state index contributed by atoms with van der Waals surface area (Å²) in [5, 5.41) is 14.6. The van der Waals surface area contributed by atoms with Crippen LogP contribution in [0.3, 0.4) is 0 Å². The molecule has 4 nitrogen and oxygen atoms in total. The first-order valence-electron chi connectivity index (χ1n) is 5.10. The Morgan fingerprint density at radius 2 is 2.18 bits per heavy atom. The maximum absolute atomic E-state index is 13.5. The van der Waals surface area contributed by atoms with Crippen LogP contribution in [0.25, 0.3) is 11.3 Å². The van der Waals surface area contributed by atoms with Crippen LogP contribution in [0.5, 0.6) is 0 Å². The Kier molecular flexibility index (Phi) is 2.91. The molecule has 5 heteroatoms. The predicted octanol–water partition coefficient (Wildman–Crippen LogP) is 1.41. The molecule has 2 rings (SSSR count). The molecule has 0 aliphatic rings. The fourth-order valence-corrected chi connectivity index (χ4v) is 1.60. The molecular formula is C12H9FNO3-. The van der Waals surface area contributed by atoms with Crippen molar-refractivity contribution in [2.45, 2.75) is 13.3 Å². The first kappa shape index (κ1) is 11.3. The van der Waals surface area contributed by atoms with Gasteiger partial charge in [0.05, 0.1) is 22.8 Å². The van der Waals surface area contributed by atoms with Crippen LogP contribution in [0.15, 0.2) is 28.8 Å². The fraction of sp³-hybridized carbons (Fsp3) is 0.167. The lowest BCUT2D eigenvalue weighted by molar-refractivity contribution is -0.255. The summed E-state index contributed by atoms with van der Waals surface area (Å²) in [5.41, 5.74) is 0.139. The van der Waals surface area contributed by atoms with Gasteiger partial charge in [-0.15, -0.1) is 0 Å². The number of aryl methyl sites for hydroxylation is 1. The maximum atomic E-state index is 13.5. The standard InChI is InChI=1S/C12H10FNO3/c1-2-9-10(12(15)16)11(17-14-9)7-5-3-4-6-8(7)13/h3-6H,2H2,1H3,(H,15,16)/p-1. The van der Waals surface area contributed by atoms with E-state index in [1.54, 1.807) is 13.0 Å². The number of carboxylic acids is 1. The number of aromatic nitrogens is 1. The van der Waals surface area contributed by atoms with Crippen LogP contribution in [0.4, 0.5) is 4.39 Å². The van der Waals surface area contributed by atoms with Crippen molar-refractivity contribution in [2.75, 3.05) is 0 Å². The molecule has 1 aromatic heterocycles. The van der Waals surface area contributed by atoms with Crippen LogP contribution in [0.2, 0.25) is 0 Å². The minimum Gasteiger partial charge on any atom is -0.545 e. The molecule has 0 radical (unpaired) electrons. The average Bonchev–Trinajstić information content (AvgIpc) is 2.73. The van der Waals surface area contributed by atoms with Crippen molar-refractivity contribution in [3.63, 3.8) is 0 Å². The Labute approximate surface area is 96.7 Å². The summed E-state index contributed by atoms with van der Waals surface area (Å²) in [6.07, 6.45) is 0.376. The van der Waals surface area contributed by atoms with Gasteiger partial charge in [-0.05, 0) is 18.6 Å². The van der Waals surface area contributed by atoms with Crippen LogP contribution in [-0.4, -0.2) is 11.1 Å². The minimum absolute atomic E-state index is 0.0684. The molecule has 0 saturated heterocycles. The van der Waals surface area contributed by atoms with E-state index in [0.717, 1.165) is 0 Å². The number of aromatic carboxylic acids is 1. The van der Waals surface area contributed by atoms with Crippen molar-refractivity contribution in [1.29, 1.82) is 0 Å². The van der Waals surface area contributed by atoms with Crippen molar-refractivity contribution in [3.05, 3.63) is 41.3 Å². The van der Waals surface area contributed by atoms with Gasteiger partial charge >= 0.3 is 0 Å². The fourth-order valence-electron chi connectivity index (χ4n) is 1.60. The number of hydrogen-bond donors (Lipinski definition) is 0. The first-order chi connectivity index (χ1) is 8.15. The topological polar surface area (TPSA) is 66.2 Å². The van der Waals surface area contributed by atoms with Crippen LogP contribution in [-0.2, 0) is 6.42 Å². The third-order valence-electron chi connectivity index (χ3n) is 2.42. The van der Waals surface area contributed by atoms with Gasteiger partial charge < -0.3 is 14.4 Å². The molecule has 0 spiro atoms. The Bertz CT molecular complexity index is 563. The molecule has 0 fully saturated rings. The number of carboxylic acid groups (broad SMARTS) is 1. The summed E-state index contributed by atoms with van der Waals surface area (Å²) >= 11 is 0. The number of nitrogens with zero attached hydrogens (tertiary/aromatic N) is 1. The van der Waals surface area contributed by atoms with Gasteiger partial charge in [-0.3, -0.25) is 0 Å². The van der Waals surface area contributed by atoms with Gasteiger partial charge in [0.15, 0.2) is 5.76 Å². The molecular weight excluding hydrogens is 225 g/mol. The SMILES string of the molecule is CCc1noc(-c2ccccc2F)c1C(=O)[O-]. The van der Waals surface area contributed by atoms with Gasteiger partial charge in [0, 0.05) is 0 Å². The van der Waals surface area contributed by atoms with Crippen LogP contribution in [0.1, 0.15) is 23.0 Å². The molecule has 17 heavy (non-hydrogen) atoms. The molecule has 0 bridgehead atoms. The van der Waals surface area contributed by atoms with E-state index in [4.69, 9.17) is 4.52 Å². The lowest BCUT2D eigenvalue weighted by Gasteiger charge is -2.04. The highest BCUT2D eigenvalue weighted by molar-refractivity contribution is 5.94. The Balaban J connectivity index is 2.64. The molecule has 0 saturated carbocycles. The van der Waals surface area contributed by atoms with Crippen molar-refractivity contribution in [3.8, 4) is 11.3 Å². The summed E-state index contributed by atoms with van der Waals surface area (Å²) in [6, 6.07) is 5.75. The Morgan fingerprint density at radius 1 is 1.47 bits per heavy atom. The van der Waals surface area contributed by atoms with E-state index < -0.39 is 11.8 Å². The molecule has 1 heterocycles. The molecule has 0 atom stereocenters. The Morgan fingerprint density at radius 3 is 2.76 bits per heavy atom. The van der Waals surface area contributed by atoms with Crippen molar-refractivity contribution >= 4 is 5.97 Å². The summed E-state index contributed by atoms with van der Waals surface area (Å²) < 4.78 is 18.4. The molecule has 2 aromatic rings. The highest BCUT2D eigenvalue weighted by Gasteiger charge is 2.19. The number of benzene rings is 1. The van der Waals surface area contributed by atoms with E-state index in [0.29, 0.717) is 6.42 Å². The van der Waals surface area contributed by atoms with Crippen molar-refractivity contribution in [1.82, 2.24) is 5.16 Å². The van der Waals surface area contributed by atoms with Crippen LogP contribution < -0.4 is 5.11 Å². The highest BCUT2D eigenvalue weighted by Crippen LogP contribution is 2.28. The second-order valence-electron chi connectivity index (χ2n) is 3.45. The second-order valence-corrected chi connectivity index (χ2v) is 3.45. The summed E-state index contributed by atoms with van der Waals surface area (Å²) in [6.45, 7) is 1.73. The lowest BCUT2D eigenvalue weighted by Crippen LogP contribution is -2.23. The number of carbonyl (C=O) groups is 1. The van der Waals surface area contributed by atoms with E-state index in [2.05, 4.69) is 5.16 Å². The quantitative estimate of drug-likeness (QED) is 0.805. The molecule has 1 aromatic carbocycles. The van der Waals surface area contributed by atoms with Gasteiger partial charge in [0.25, 0.3) is 0 Å². The monoisotopic (exact) mass is 234 g/mol. The lowest BCUT2D eigenvalue weighted by atomic mass is 10.1. The zero-order valence-corrected chi connectivity index (χ0v) is 9.07. The molecule has 0 aliphatic heterocycles. The second kappa shape index (κ2) is 4.37. The van der Waals surface area contributed by atoms with Crippen molar-refractivity contribution in [2.24, 2.45) is 0 Å². The third-order valence-corrected chi connectivity index (χ3v) is 2.42. The van der Waals surface area contributed by atoms with E-state index >= 15 is 0 Å². The number of carbonyl (C=O) groups excluding carboxylic acids is 1. The minimum atomic E-state index is -1.42. The molecule has 0 amide bonds. The van der Waals surface area contributed by atoms with Crippen LogP contribution in [0, 0.1) is 5.82 Å². The van der Waals surface area contributed by atoms with Crippen LogP contribution >= 0.6 is 0 Å². The van der Waals surface area contributed by atoms with E-state index in [1.807, 2.05) is 0 Å². The molecule has 0 aliphatic carbocycles. The zero-order chi connectivity index (χ0) is 12.4. The van der Waals surface area contributed by atoms with E-state index in [1.165, 1.54) is 18.2 Å².